The number of ether oxygens (including phenoxy) is 2. The fraction of sp³-hybridized carbons (Fsp3) is 0.263. The normalized spacial score (nSPS) is 10.1. The Bertz CT molecular complexity index is 695. The first-order valence-corrected chi connectivity index (χ1v) is 7.81. The first-order chi connectivity index (χ1) is 11.6. The van der Waals surface area contributed by atoms with Crippen molar-refractivity contribution in [1.82, 2.24) is 5.32 Å². The van der Waals surface area contributed by atoms with E-state index in [0.717, 1.165) is 11.1 Å². The summed E-state index contributed by atoms with van der Waals surface area (Å²) in [5.74, 6) is -0.188. The number of aryl methyl sites for hydroxylation is 1. The van der Waals surface area contributed by atoms with E-state index in [1.165, 1.54) is 0 Å². The van der Waals surface area contributed by atoms with E-state index in [0.29, 0.717) is 24.5 Å². The Morgan fingerprint density at radius 3 is 2.42 bits per heavy atom. The average Bonchev–Trinajstić information content (AvgIpc) is 2.60. The van der Waals surface area contributed by atoms with Crippen molar-refractivity contribution in [3.63, 3.8) is 0 Å². The quantitative estimate of drug-likeness (QED) is 0.794. The van der Waals surface area contributed by atoms with Crippen LogP contribution in [-0.2, 0) is 16.1 Å². The third kappa shape index (κ3) is 5.12. The average molecular weight is 327 g/mol. The number of benzene rings is 2. The summed E-state index contributed by atoms with van der Waals surface area (Å²) in [6.45, 7) is 4.53. The van der Waals surface area contributed by atoms with Crippen molar-refractivity contribution in [1.29, 1.82) is 0 Å². The van der Waals surface area contributed by atoms with E-state index in [2.05, 4.69) is 5.32 Å². The highest BCUT2D eigenvalue weighted by atomic mass is 16.5. The lowest BCUT2D eigenvalue weighted by molar-refractivity contribution is -0.124. The van der Waals surface area contributed by atoms with Crippen LogP contribution in [0.5, 0.6) is 5.75 Å². The van der Waals surface area contributed by atoms with Crippen molar-refractivity contribution < 1.29 is 19.1 Å². The molecule has 0 saturated carbocycles. The minimum Gasteiger partial charge on any atom is -0.494 e. The smallest absolute Gasteiger partial charge is 0.338 e. The van der Waals surface area contributed by atoms with Gasteiger partial charge in [0.1, 0.15) is 5.75 Å². The third-order valence-electron chi connectivity index (χ3n) is 3.47. The zero-order valence-electron chi connectivity index (χ0n) is 13.9. The Labute approximate surface area is 141 Å². The SMILES string of the molecule is CCOc1ccc(C(=O)OCC(=O)NCc2ccccc2C)cc1. The van der Waals surface area contributed by atoms with Crippen LogP contribution in [0.1, 0.15) is 28.4 Å². The van der Waals surface area contributed by atoms with E-state index < -0.39 is 5.97 Å². The molecule has 0 heterocycles. The lowest BCUT2D eigenvalue weighted by Gasteiger charge is -2.09. The van der Waals surface area contributed by atoms with Crippen molar-refractivity contribution in [3.05, 3.63) is 65.2 Å². The molecular formula is C19H21NO4. The number of carbonyl (C=O) groups is 2. The number of carbonyl (C=O) groups excluding carboxylic acids is 2. The zero-order chi connectivity index (χ0) is 17.4. The monoisotopic (exact) mass is 327 g/mol. The van der Waals surface area contributed by atoms with Crippen LogP contribution in [0, 0.1) is 6.92 Å². The van der Waals surface area contributed by atoms with Crippen LogP contribution < -0.4 is 10.1 Å². The van der Waals surface area contributed by atoms with Gasteiger partial charge >= 0.3 is 5.97 Å². The van der Waals surface area contributed by atoms with Crippen LogP contribution >= 0.6 is 0 Å². The molecule has 0 bridgehead atoms. The predicted octanol–water partition coefficient (Wildman–Crippen LogP) is 2.87. The van der Waals surface area contributed by atoms with Crippen molar-refractivity contribution in [3.8, 4) is 5.75 Å². The van der Waals surface area contributed by atoms with Gasteiger partial charge in [-0.25, -0.2) is 4.79 Å². The second-order valence-electron chi connectivity index (χ2n) is 5.24. The summed E-state index contributed by atoms with van der Waals surface area (Å²) in [7, 11) is 0. The molecule has 1 N–H and O–H groups in total. The van der Waals surface area contributed by atoms with E-state index in [1.54, 1.807) is 24.3 Å². The summed E-state index contributed by atoms with van der Waals surface area (Å²) in [6.07, 6.45) is 0. The molecular weight excluding hydrogens is 306 g/mol. The van der Waals surface area contributed by atoms with Crippen molar-refractivity contribution in [2.75, 3.05) is 13.2 Å². The van der Waals surface area contributed by atoms with Crippen LogP contribution in [0.4, 0.5) is 0 Å². The first kappa shape index (κ1) is 17.5. The van der Waals surface area contributed by atoms with Crippen LogP contribution in [0.15, 0.2) is 48.5 Å². The van der Waals surface area contributed by atoms with E-state index >= 15 is 0 Å². The fourth-order valence-corrected chi connectivity index (χ4v) is 2.12. The summed E-state index contributed by atoms with van der Waals surface area (Å²) in [6, 6.07) is 14.4. The summed E-state index contributed by atoms with van der Waals surface area (Å²) in [4.78, 5) is 23.7. The molecule has 0 aliphatic heterocycles. The largest absolute Gasteiger partial charge is 0.494 e. The molecule has 0 aliphatic rings. The molecule has 2 aromatic carbocycles. The molecule has 2 aromatic rings. The maximum absolute atomic E-state index is 11.9. The summed E-state index contributed by atoms with van der Waals surface area (Å²) < 4.78 is 10.3. The van der Waals surface area contributed by atoms with Gasteiger partial charge in [0.2, 0.25) is 0 Å². The Morgan fingerprint density at radius 2 is 1.75 bits per heavy atom. The van der Waals surface area contributed by atoms with Gasteiger partial charge in [-0.15, -0.1) is 0 Å². The van der Waals surface area contributed by atoms with Gasteiger partial charge in [0.15, 0.2) is 6.61 Å². The van der Waals surface area contributed by atoms with Crippen molar-refractivity contribution in [2.45, 2.75) is 20.4 Å². The molecule has 1 amide bonds. The molecule has 0 radical (unpaired) electrons. The van der Waals surface area contributed by atoms with Crippen molar-refractivity contribution in [2.24, 2.45) is 0 Å². The second-order valence-corrected chi connectivity index (χ2v) is 5.24. The lowest BCUT2D eigenvalue weighted by Crippen LogP contribution is -2.28. The molecule has 0 spiro atoms. The lowest BCUT2D eigenvalue weighted by atomic mass is 10.1. The number of nitrogens with one attached hydrogen (secondary N) is 1. The van der Waals surface area contributed by atoms with E-state index in [4.69, 9.17) is 9.47 Å². The zero-order valence-corrected chi connectivity index (χ0v) is 13.9. The van der Waals surface area contributed by atoms with Gasteiger partial charge in [-0.2, -0.15) is 0 Å². The van der Waals surface area contributed by atoms with Crippen molar-refractivity contribution >= 4 is 11.9 Å². The second kappa shape index (κ2) is 8.72. The summed E-state index contributed by atoms with van der Waals surface area (Å²) >= 11 is 0. The van der Waals surface area contributed by atoms with Gasteiger partial charge in [-0.1, -0.05) is 24.3 Å². The molecule has 0 saturated heterocycles. The molecule has 0 unspecified atom stereocenters. The van der Waals surface area contributed by atoms with E-state index in [1.807, 2.05) is 38.1 Å². The van der Waals surface area contributed by atoms with Crippen LogP contribution in [0.25, 0.3) is 0 Å². The maximum atomic E-state index is 11.9. The minimum absolute atomic E-state index is 0.308. The Morgan fingerprint density at radius 1 is 1.04 bits per heavy atom. The Balaban J connectivity index is 1.78. The highest BCUT2D eigenvalue weighted by molar-refractivity contribution is 5.91. The van der Waals surface area contributed by atoms with E-state index in [-0.39, 0.29) is 12.5 Å². The molecule has 126 valence electrons. The summed E-state index contributed by atoms with van der Waals surface area (Å²) in [5.41, 5.74) is 2.51. The predicted molar refractivity (Wildman–Crippen MR) is 90.9 cm³/mol. The number of amides is 1. The van der Waals surface area contributed by atoms with Gasteiger partial charge < -0.3 is 14.8 Å². The molecule has 24 heavy (non-hydrogen) atoms. The summed E-state index contributed by atoms with van der Waals surface area (Å²) in [5, 5.41) is 2.74. The fourth-order valence-electron chi connectivity index (χ4n) is 2.12. The molecule has 2 rings (SSSR count). The van der Waals surface area contributed by atoms with Gasteiger partial charge in [-0.05, 0) is 49.2 Å². The number of hydrogen-bond acceptors (Lipinski definition) is 4. The number of esters is 1. The topological polar surface area (TPSA) is 64.6 Å². The standard InChI is InChI=1S/C19H21NO4/c1-3-23-17-10-8-15(9-11-17)19(22)24-13-18(21)20-12-16-7-5-4-6-14(16)2/h4-11H,3,12-13H2,1-2H3,(H,20,21). The minimum atomic E-state index is -0.538. The third-order valence-corrected chi connectivity index (χ3v) is 3.47. The highest BCUT2D eigenvalue weighted by Crippen LogP contribution is 2.12. The maximum Gasteiger partial charge on any atom is 0.338 e. The Kier molecular flexibility index (Phi) is 6.37. The molecule has 5 heteroatoms. The van der Waals surface area contributed by atoms with Gasteiger partial charge in [0, 0.05) is 6.54 Å². The first-order valence-electron chi connectivity index (χ1n) is 7.81. The number of hydrogen-bond donors (Lipinski definition) is 1. The van der Waals surface area contributed by atoms with Gasteiger partial charge in [-0.3, -0.25) is 4.79 Å². The van der Waals surface area contributed by atoms with Crippen LogP contribution in [0.3, 0.4) is 0 Å². The van der Waals surface area contributed by atoms with Gasteiger partial charge in [0.25, 0.3) is 5.91 Å². The molecule has 0 aliphatic carbocycles. The van der Waals surface area contributed by atoms with Crippen LogP contribution in [-0.4, -0.2) is 25.1 Å². The molecule has 0 aromatic heterocycles. The molecule has 0 fully saturated rings. The highest BCUT2D eigenvalue weighted by Gasteiger charge is 2.10. The Hall–Kier alpha value is -2.82. The molecule has 5 nitrogen and oxygen atoms in total. The van der Waals surface area contributed by atoms with E-state index in [9.17, 15) is 9.59 Å². The van der Waals surface area contributed by atoms with Gasteiger partial charge in [0.05, 0.1) is 12.2 Å². The van der Waals surface area contributed by atoms with Crippen LogP contribution in [0.2, 0.25) is 0 Å². The molecule has 0 atom stereocenters. The number of rotatable bonds is 7.